The minimum Gasteiger partial charge on any atom is -0.369 e. The third-order valence-electron chi connectivity index (χ3n) is 6.77. The van der Waals surface area contributed by atoms with Gasteiger partial charge in [0.05, 0.1) is 0 Å². The fourth-order valence-electron chi connectivity index (χ4n) is 4.67. The van der Waals surface area contributed by atoms with E-state index in [1.165, 1.54) is 70.4 Å². The molecule has 1 aromatic rings. The van der Waals surface area contributed by atoms with Gasteiger partial charge in [-0.25, -0.2) is 0 Å². The Morgan fingerprint density at radius 2 is 1.57 bits per heavy atom. The summed E-state index contributed by atoms with van der Waals surface area (Å²) in [7, 11) is 2.24. The van der Waals surface area contributed by atoms with Crippen LogP contribution in [0.25, 0.3) is 0 Å². The van der Waals surface area contributed by atoms with Crippen molar-refractivity contribution in [3.05, 3.63) is 29.8 Å². The molecule has 3 rings (SSSR count). The van der Waals surface area contributed by atoms with Crippen LogP contribution in [0.1, 0.15) is 63.9 Å². The molecule has 0 N–H and O–H groups in total. The minimum atomic E-state index is 0.638. The van der Waals surface area contributed by atoms with Crippen molar-refractivity contribution >= 4 is 5.69 Å². The summed E-state index contributed by atoms with van der Waals surface area (Å²) in [5.74, 6) is 0.775. The molecule has 1 heterocycles. The lowest BCUT2D eigenvalue weighted by Crippen LogP contribution is -2.45. The van der Waals surface area contributed by atoms with E-state index in [0.717, 1.165) is 5.92 Å². The van der Waals surface area contributed by atoms with E-state index in [1.807, 2.05) is 0 Å². The van der Waals surface area contributed by atoms with Crippen molar-refractivity contribution in [3.63, 3.8) is 0 Å². The molecule has 0 spiro atoms. The number of para-hydroxylation sites is 1. The topological polar surface area (TPSA) is 6.48 Å². The van der Waals surface area contributed by atoms with Crippen molar-refractivity contribution in [1.29, 1.82) is 0 Å². The second kappa shape index (κ2) is 7.25. The van der Waals surface area contributed by atoms with E-state index in [-0.39, 0.29) is 0 Å². The quantitative estimate of drug-likeness (QED) is 0.779. The lowest BCUT2D eigenvalue weighted by molar-refractivity contribution is 0.159. The van der Waals surface area contributed by atoms with Gasteiger partial charge in [-0.3, -0.25) is 0 Å². The van der Waals surface area contributed by atoms with Crippen molar-refractivity contribution in [2.24, 2.45) is 5.41 Å². The zero-order valence-electron chi connectivity index (χ0n) is 15.4. The number of rotatable bonds is 4. The Morgan fingerprint density at radius 1 is 0.957 bits per heavy atom. The minimum absolute atomic E-state index is 0.638. The second-order valence-corrected chi connectivity index (χ2v) is 7.83. The molecule has 2 heteroatoms. The Kier molecular flexibility index (Phi) is 5.31. The van der Waals surface area contributed by atoms with Crippen LogP contribution in [0.3, 0.4) is 0 Å². The summed E-state index contributed by atoms with van der Waals surface area (Å²) < 4.78 is 0. The van der Waals surface area contributed by atoms with Crippen LogP contribution in [-0.4, -0.2) is 38.1 Å². The van der Waals surface area contributed by atoms with Gasteiger partial charge in [0.15, 0.2) is 0 Å². The molecule has 2 fully saturated rings. The maximum absolute atomic E-state index is 2.62. The van der Waals surface area contributed by atoms with Crippen LogP contribution in [0.15, 0.2) is 24.3 Å². The van der Waals surface area contributed by atoms with Crippen LogP contribution in [0.4, 0.5) is 5.69 Å². The first-order valence-corrected chi connectivity index (χ1v) is 9.70. The van der Waals surface area contributed by atoms with Crippen molar-refractivity contribution in [2.45, 2.75) is 58.3 Å². The van der Waals surface area contributed by atoms with E-state index >= 15 is 0 Å². The number of benzene rings is 1. The summed E-state index contributed by atoms with van der Waals surface area (Å²) in [5.41, 5.74) is 3.78. The summed E-state index contributed by atoms with van der Waals surface area (Å²) in [6, 6.07) is 9.24. The third-order valence-corrected chi connectivity index (χ3v) is 6.77. The Labute approximate surface area is 142 Å². The molecular weight excluding hydrogens is 280 g/mol. The molecule has 23 heavy (non-hydrogen) atoms. The van der Waals surface area contributed by atoms with Gasteiger partial charge in [-0.1, -0.05) is 44.9 Å². The molecule has 0 unspecified atom stereocenters. The summed E-state index contributed by atoms with van der Waals surface area (Å²) in [6.45, 7) is 9.51. The van der Waals surface area contributed by atoms with Crippen molar-refractivity contribution < 1.29 is 0 Å². The highest BCUT2D eigenvalue weighted by molar-refractivity contribution is 5.55. The maximum Gasteiger partial charge on any atom is 0.0402 e. The van der Waals surface area contributed by atoms with Crippen molar-refractivity contribution in [2.75, 3.05) is 38.1 Å². The number of piperazine rings is 1. The molecule has 0 amide bonds. The number of nitrogens with zero attached hydrogens (tertiary/aromatic N) is 2. The maximum atomic E-state index is 2.62. The van der Waals surface area contributed by atoms with E-state index in [2.05, 4.69) is 55.0 Å². The van der Waals surface area contributed by atoms with E-state index < -0.39 is 0 Å². The normalized spacial score (nSPS) is 23.2. The Balaban J connectivity index is 1.74. The first-order valence-electron chi connectivity index (χ1n) is 9.70. The third kappa shape index (κ3) is 3.57. The second-order valence-electron chi connectivity index (χ2n) is 7.83. The molecule has 0 aromatic heterocycles. The average Bonchev–Trinajstić information content (AvgIpc) is 2.62. The molecule has 1 aliphatic heterocycles. The van der Waals surface area contributed by atoms with Gasteiger partial charge in [0.25, 0.3) is 0 Å². The Morgan fingerprint density at radius 3 is 2.17 bits per heavy atom. The Bertz CT molecular complexity index is 488. The fourth-order valence-corrected chi connectivity index (χ4v) is 4.67. The molecule has 2 aliphatic rings. The molecular formula is C21H34N2. The zero-order chi connectivity index (χ0) is 16.3. The van der Waals surface area contributed by atoms with Crippen LogP contribution in [0, 0.1) is 5.41 Å². The van der Waals surface area contributed by atoms with E-state index in [4.69, 9.17) is 0 Å². The van der Waals surface area contributed by atoms with Gasteiger partial charge >= 0.3 is 0 Å². The highest BCUT2D eigenvalue weighted by atomic mass is 15.2. The zero-order valence-corrected chi connectivity index (χ0v) is 15.4. The van der Waals surface area contributed by atoms with Crippen LogP contribution >= 0.6 is 0 Å². The number of hydrogen-bond donors (Lipinski definition) is 0. The largest absolute Gasteiger partial charge is 0.369 e. The highest BCUT2D eigenvalue weighted by Gasteiger charge is 2.33. The molecule has 1 saturated heterocycles. The molecule has 1 saturated carbocycles. The summed E-state index contributed by atoms with van der Waals surface area (Å²) in [5, 5.41) is 0. The van der Waals surface area contributed by atoms with Gasteiger partial charge < -0.3 is 9.80 Å². The number of likely N-dealkylation sites (N-methyl/N-ethyl adjacent to an activating group) is 1. The first kappa shape index (κ1) is 16.8. The molecule has 128 valence electrons. The molecule has 1 aliphatic carbocycles. The van der Waals surface area contributed by atoms with Gasteiger partial charge in [0.2, 0.25) is 0 Å². The van der Waals surface area contributed by atoms with Gasteiger partial charge in [-0.05, 0) is 55.7 Å². The van der Waals surface area contributed by atoms with Gasteiger partial charge in [-0.15, -0.1) is 0 Å². The molecule has 0 bridgehead atoms. The summed E-state index contributed by atoms with van der Waals surface area (Å²) >= 11 is 0. The average molecular weight is 315 g/mol. The Hall–Kier alpha value is -1.02. The van der Waals surface area contributed by atoms with Crippen molar-refractivity contribution in [1.82, 2.24) is 4.90 Å². The number of anilines is 1. The summed E-state index contributed by atoms with van der Waals surface area (Å²) in [6.07, 6.45) is 8.31. The van der Waals surface area contributed by atoms with Crippen LogP contribution in [-0.2, 0) is 0 Å². The lowest BCUT2D eigenvalue weighted by Gasteiger charge is -2.41. The fraction of sp³-hybridized carbons (Fsp3) is 0.714. The molecule has 0 radical (unpaired) electrons. The molecule has 1 aromatic carbocycles. The smallest absolute Gasteiger partial charge is 0.0402 e. The van der Waals surface area contributed by atoms with E-state index in [9.17, 15) is 0 Å². The predicted octanol–water partition coefficient (Wildman–Crippen LogP) is 4.90. The van der Waals surface area contributed by atoms with Crippen LogP contribution in [0.5, 0.6) is 0 Å². The van der Waals surface area contributed by atoms with Crippen LogP contribution in [0.2, 0.25) is 0 Å². The monoisotopic (exact) mass is 314 g/mol. The first-order chi connectivity index (χ1) is 11.2. The van der Waals surface area contributed by atoms with Gasteiger partial charge in [0, 0.05) is 31.9 Å². The van der Waals surface area contributed by atoms with E-state index in [1.54, 1.807) is 5.56 Å². The summed E-state index contributed by atoms with van der Waals surface area (Å²) in [4.78, 5) is 5.06. The molecule has 0 atom stereocenters. The van der Waals surface area contributed by atoms with Crippen molar-refractivity contribution in [3.8, 4) is 0 Å². The molecule has 2 nitrogen and oxygen atoms in total. The predicted molar refractivity (Wildman–Crippen MR) is 100 cm³/mol. The van der Waals surface area contributed by atoms with Gasteiger partial charge in [0.1, 0.15) is 0 Å². The van der Waals surface area contributed by atoms with Crippen LogP contribution < -0.4 is 4.90 Å². The van der Waals surface area contributed by atoms with Gasteiger partial charge in [-0.2, -0.15) is 0 Å². The standard InChI is InChI=1S/C21H34N2/c1-4-21(5-2)12-10-18(11-13-21)19-8-6-7-9-20(19)23-16-14-22(3)15-17-23/h6-9,18H,4-5,10-17H2,1-3H3. The van der Waals surface area contributed by atoms with E-state index in [0.29, 0.717) is 5.41 Å². The highest BCUT2D eigenvalue weighted by Crippen LogP contribution is 2.48. The number of hydrogen-bond acceptors (Lipinski definition) is 2. The SMILES string of the molecule is CCC1(CC)CCC(c2ccccc2N2CCN(C)CC2)CC1. The lowest BCUT2D eigenvalue weighted by atomic mass is 9.66.